The molecule has 1 aromatic heterocycles. The third-order valence-corrected chi connectivity index (χ3v) is 3.46. The van der Waals surface area contributed by atoms with E-state index in [4.69, 9.17) is 4.42 Å². The van der Waals surface area contributed by atoms with Crippen molar-refractivity contribution in [3.63, 3.8) is 0 Å². The number of hydrogen-bond acceptors (Lipinski definition) is 4. The normalized spacial score (nSPS) is 23.9. The van der Waals surface area contributed by atoms with Crippen LogP contribution in [0.15, 0.2) is 22.8 Å². The summed E-state index contributed by atoms with van der Waals surface area (Å²) in [5.41, 5.74) is 0.00641. The Balaban J connectivity index is 2.18. The number of nitrogens with one attached hydrogen (secondary N) is 1. The van der Waals surface area contributed by atoms with E-state index in [0.29, 0.717) is 19.5 Å². The highest BCUT2D eigenvalue weighted by molar-refractivity contribution is 5.82. The lowest BCUT2D eigenvalue weighted by Gasteiger charge is -2.31. The Labute approximate surface area is 113 Å². The van der Waals surface area contributed by atoms with E-state index in [-0.39, 0.29) is 24.0 Å². The van der Waals surface area contributed by atoms with Crippen molar-refractivity contribution in [1.29, 1.82) is 0 Å². The molecule has 5 nitrogen and oxygen atoms in total. The van der Waals surface area contributed by atoms with E-state index in [0.717, 1.165) is 12.3 Å². The molecule has 1 unspecified atom stereocenters. The molecular weight excluding hydrogens is 244 g/mol. The van der Waals surface area contributed by atoms with Crippen LogP contribution in [0.3, 0.4) is 0 Å². The predicted octanol–water partition coefficient (Wildman–Crippen LogP) is 0.989. The molecule has 1 aromatic rings. The summed E-state index contributed by atoms with van der Waals surface area (Å²) in [6.45, 7) is 6.30. The van der Waals surface area contributed by atoms with Crippen molar-refractivity contribution in [2.24, 2.45) is 5.41 Å². The van der Waals surface area contributed by atoms with Crippen LogP contribution in [0, 0.1) is 5.41 Å². The van der Waals surface area contributed by atoms with E-state index in [1.165, 1.54) is 0 Å². The summed E-state index contributed by atoms with van der Waals surface area (Å²) in [6, 6.07) is 3.46. The van der Waals surface area contributed by atoms with Gasteiger partial charge in [0.15, 0.2) is 0 Å². The SMILES string of the molecule is CC1(C)CNC(=O)C(CCO)N(Cc2ccco2)C1. The van der Waals surface area contributed by atoms with Gasteiger partial charge in [-0.05, 0) is 24.0 Å². The topological polar surface area (TPSA) is 65.7 Å². The molecule has 1 saturated heterocycles. The van der Waals surface area contributed by atoms with Gasteiger partial charge in [-0.15, -0.1) is 0 Å². The predicted molar refractivity (Wildman–Crippen MR) is 71.4 cm³/mol. The van der Waals surface area contributed by atoms with E-state index in [2.05, 4.69) is 24.1 Å². The van der Waals surface area contributed by atoms with Crippen LogP contribution in [-0.4, -0.2) is 41.7 Å². The Morgan fingerprint density at radius 3 is 3.00 bits per heavy atom. The summed E-state index contributed by atoms with van der Waals surface area (Å²) in [7, 11) is 0. The Hall–Kier alpha value is -1.33. The molecule has 0 bridgehead atoms. The molecular formula is C14H22N2O3. The number of aliphatic hydroxyl groups excluding tert-OH is 1. The quantitative estimate of drug-likeness (QED) is 0.853. The van der Waals surface area contributed by atoms with E-state index in [1.807, 2.05) is 12.1 Å². The Kier molecular flexibility index (Phi) is 4.27. The minimum absolute atomic E-state index is 0.00641. The van der Waals surface area contributed by atoms with Gasteiger partial charge in [0.2, 0.25) is 5.91 Å². The van der Waals surface area contributed by atoms with Crippen molar-refractivity contribution < 1.29 is 14.3 Å². The van der Waals surface area contributed by atoms with Gasteiger partial charge in [-0.2, -0.15) is 0 Å². The van der Waals surface area contributed by atoms with Crippen LogP contribution < -0.4 is 5.32 Å². The highest BCUT2D eigenvalue weighted by atomic mass is 16.3. The molecule has 0 spiro atoms. The molecule has 5 heteroatoms. The number of aliphatic hydroxyl groups is 1. The van der Waals surface area contributed by atoms with E-state index >= 15 is 0 Å². The van der Waals surface area contributed by atoms with Crippen molar-refractivity contribution >= 4 is 5.91 Å². The third-order valence-electron chi connectivity index (χ3n) is 3.46. The molecule has 0 aliphatic carbocycles. The second-order valence-electron chi connectivity index (χ2n) is 5.89. The van der Waals surface area contributed by atoms with Gasteiger partial charge in [0.25, 0.3) is 0 Å². The molecule has 1 aliphatic heterocycles. The summed E-state index contributed by atoms with van der Waals surface area (Å²) in [4.78, 5) is 14.2. The molecule has 0 aromatic carbocycles. The molecule has 106 valence electrons. The van der Waals surface area contributed by atoms with Crippen LogP contribution in [0.1, 0.15) is 26.0 Å². The smallest absolute Gasteiger partial charge is 0.237 e. The zero-order valence-electron chi connectivity index (χ0n) is 11.6. The van der Waals surface area contributed by atoms with Gasteiger partial charge >= 0.3 is 0 Å². The van der Waals surface area contributed by atoms with Crippen molar-refractivity contribution in [1.82, 2.24) is 10.2 Å². The largest absolute Gasteiger partial charge is 0.468 e. The fourth-order valence-corrected chi connectivity index (χ4v) is 2.53. The zero-order chi connectivity index (χ0) is 13.9. The molecule has 19 heavy (non-hydrogen) atoms. The highest BCUT2D eigenvalue weighted by Crippen LogP contribution is 2.23. The Morgan fingerprint density at radius 1 is 1.58 bits per heavy atom. The molecule has 1 amide bonds. The number of nitrogens with zero attached hydrogens (tertiary/aromatic N) is 1. The number of hydrogen-bond donors (Lipinski definition) is 2. The average Bonchev–Trinajstić information content (AvgIpc) is 2.81. The highest BCUT2D eigenvalue weighted by Gasteiger charge is 2.35. The first-order valence-corrected chi connectivity index (χ1v) is 6.67. The molecule has 2 N–H and O–H groups in total. The monoisotopic (exact) mass is 266 g/mol. The van der Waals surface area contributed by atoms with Gasteiger partial charge in [-0.25, -0.2) is 0 Å². The lowest BCUT2D eigenvalue weighted by atomic mass is 9.93. The van der Waals surface area contributed by atoms with Gasteiger partial charge < -0.3 is 14.8 Å². The number of carbonyl (C=O) groups excluding carboxylic acids is 1. The summed E-state index contributed by atoms with van der Waals surface area (Å²) in [5.74, 6) is 0.833. The van der Waals surface area contributed by atoms with Crippen LogP contribution in [-0.2, 0) is 11.3 Å². The second kappa shape index (κ2) is 5.75. The maximum absolute atomic E-state index is 12.1. The van der Waals surface area contributed by atoms with Crippen LogP contribution >= 0.6 is 0 Å². The van der Waals surface area contributed by atoms with Gasteiger partial charge in [-0.3, -0.25) is 9.69 Å². The molecule has 1 fully saturated rings. The minimum atomic E-state index is -0.295. The number of amides is 1. The van der Waals surface area contributed by atoms with Crippen LogP contribution in [0.4, 0.5) is 0 Å². The summed E-state index contributed by atoms with van der Waals surface area (Å²) in [6.07, 6.45) is 2.09. The van der Waals surface area contributed by atoms with Crippen LogP contribution in [0.2, 0.25) is 0 Å². The van der Waals surface area contributed by atoms with Crippen molar-refractivity contribution in [3.8, 4) is 0 Å². The molecule has 1 atom stereocenters. The van der Waals surface area contributed by atoms with Crippen LogP contribution in [0.25, 0.3) is 0 Å². The molecule has 2 heterocycles. The maximum atomic E-state index is 12.1. The first-order chi connectivity index (χ1) is 9.02. The fourth-order valence-electron chi connectivity index (χ4n) is 2.53. The molecule has 0 saturated carbocycles. The summed E-state index contributed by atoms with van der Waals surface area (Å²) >= 11 is 0. The minimum Gasteiger partial charge on any atom is -0.468 e. The van der Waals surface area contributed by atoms with Gasteiger partial charge in [0.05, 0.1) is 18.8 Å². The van der Waals surface area contributed by atoms with Crippen molar-refractivity contribution in [3.05, 3.63) is 24.2 Å². The first-order valence-electron chi connectivity index (χ1n) is 6.67. The van der Waals surface area contributed by atoms with Gasteiger partial charge in [0.1, 0.15) is 5.76 Å². The summed E-state index contributed by atoms with van der Waals surface area (Å²) in [5, 5.41) is 12.1. The fraction of sp³-hybridized carbons (Fsp3) is 0.643. The lowest BCUT2D eigenvalue weighted by Crippen LogP contribution is -2.44. The Bertz CT molecular complexity index is 414. The van der Waals surface area contributed by atoms with E-state index in [9.17, 15) is 9.90 Å². The van der Waals surface area contributed by atoms with E-state index in [1.54, 1.807) is 6.26 Å². The standard InChI is InChI=1S/C14H22N2O3/c1-14(2)9-15-13(18)12(5-6-17)16(10-14)8-11-4-3-7-19-11/h3-4,7,12,17H,5-6,8-10H2,1-2H3,(H,15,18). The van der Waals surface area contributed by atoms with Gasteiger partial charge in [0, 0.05) is 19.7 Å². The number of furan rings is 1. The van der Waals surface area contributed by atoms with Crippen molar-refractivity contribution in [2.75, 3.05) is 19.7 Å². The zero-order valence-corrected chi connectivity index (χ0v) is 11.6. The molecule has 0 radical (unpaired) electrons. The maximum Gasteiger partial charge on any atom is 0.237 e. The van der Waals surface area contributed by atoms with Crippen LogP contribution in [0.5, 0.6) is 0 Å². The first kappa shape index (κ1) is 14.1. The number of rotatable bonds is 4. The van der Waals surface area contributed by atoms with Gasteiger partial charge in [-0.1, -0.05) is 13.8 Å². The lowest BCUT2D eigenvalue weighted by molar-refractivity contribution is -0.126. The molecule has 2 rings (SSSR count). The van der Waals surface area contributed by atoms with Crippen molar-refractivity contribution in [2.45, 2.75) is 32.9 Å². The van der Waals surface area contributed by atoms with E-state index < -0.39 is 0 Å². The number of carbonyl (C=O) groups is 1. The molecule has 1 aliphatic rings. The average molecular weight is 266 g/mol. The Morgan fingerprint density at radius 2 is 2.37 bits per heavy atom. The second-order valence-corrected chi connectivity index (χ2v) is 5.89. The summed E-state index contributed by atoms with van der Waals surface area (Å²) < 4.78 is 5.37. The third kappa shape index (κ3) is 3.58.